The molecule has 1 aromatic rings. The Bertz CT molecular complexity index is 482. The van der Waals surface area contributed by atoms with Gasteiger partial charge in [0.05, 0.1) is 0 Å². The van der Waals surface area contributed by atoms with Crippen LogP contribution in [0.5, 0.6) is 0 Å². The lowest BCUT2D eigenvalue weighted by molar-refractivity contribution is -0.130. The molecule has 2 fully saturated rings. The molecule has 1 atom stereocenters. The molecule has 2 heterocycles. The minimum atomic E-state index is 0.375. The molecule has 3 rings (SSSR count). The lowest BCUT2D eigenvalue weighted by Crippen LogP contribution is -2.48. The van der Waals surface area contributed by atoms with Crippen LogP contribution in [-0.4, -0.2) is 47.9 Å². The number of hydrogen-bond acceptors (Lipinski definition) is 2. The average Bonchev–Trinajstić information content (AvgIpc) is 2.93. The van der Waals surface area contributed by atoms with Crippen molar-refractivity contribution in [1.82, 2.24) is 9.80 Å². The van der Waals surface area contributed by atoms with Crippen LogP contribution in [-0.2, 0) is 11.2 Å². The second kappa shape index (κ2) is 6.61. The van der Waals surface area contributed by atoms with Gasteiger partial charge in [-0.05, 0) is 44.7 Å². The number of benzene rings is 1. The van der Waals surface area contributed by atoms with Crippen LogP contribution < -0.4 is 0 Å². The van der Waals surface area contributed by atoms with E-state index in [2.05, 4.69) is 41.0 Å². The molecular weight excluding hydrogens is 260 g/mol. The molecule has 3 heteroatoms. The first kappa shape index (κ1) is 14.6. The highest BCUT2D eigenvalue weighted by Crippen LogP contribution is 2.21. The van der Waals surface area contributed by atoms with Crippen LogP contribution in [0.3, 0.4) is 0 Å². The van der Waals surface area contributed by atoms with Gasteiger partial charge in [0.2, 0.25) is 5.91 Å². The maximum atomic E-state index is 11.9. The van der Waals surface area contributed by atoms with Gasteiger partial charge in [-0.3, -0.25) is 4.79 Å². The molecule has 1 amide bonds. The summed E-state index contributed by atoms with van der Waals surface area (Å²) in [6.45, 7) is 6.48. The zero-order valence-corrected chi connectivity index (χ0v) is 13.1. The summed E-state index contributed by atoms with van der Waals surface area (Å²) in [5.41, 5.74) is 2.74. The molecule has 0 bridgehead atoms. The van der Waals surface area contributed by atoms with E-state index in [0.29, 0.717) is 11.9 Å². The van der Waals surface area contributed by atoms with E-state index >= 15 is 0 Å². The highest BCUT2D eigenvalue weighted by molar-refractivity contribution is 5.78. The Morgan fingerprint density at radius 1 is 1.14 bits per heavy atom. The quantitative estimate of drug-likeness (QED) is 0.849. The fraction of sp³-hybridized carbons (Fsp3) is 0.611. The molecule has 0 saturated carbocycles. The van der Waals surface area contributed by atoms with Gasteiger partial charge in [0, 0.05) is 32.1 Å². The van der Waals surface area contributed by atoms with Crippen molar-refractivity contribution in [2.75, 3.05) is 26.2 Å². The van der Waals surface area contributed by atoms with E-state index in [0.717, 1.165) is 38.9 Å². The third-order valence-corrected chi connectivity index (χ3v) is 4.87. The number of aryl methyl sites for hydroxylation is 1. The summed E-state index contributed by atoms with van der Waals surface area (Å²) in [5.74, 6) is 0.375. The third kappa shape index (κ3) is 3.65. The lowest BCUT2D eigenvalue weighted by atomic mass is 10.0. The van der Waals surface area contributed by atoms with Crippen molar-refractivity contribution < 1.29 is 4.79 Å². The first-order valence-corrected chi connectivity index (χ1v) is 8.30. The van der Waals surface area contributed by atoms with Gasteiger partial charge >= 0.3 is 0 Å². The highest BCUT2D eigenvalue weighted by atomic mass is 16.2. The third-order valence-electron chi connectivity index (χ3n) is 4.87. The number of nitrogens with zero attached hydrogens (tertiary/aromatic N) is 2. The summed E-state index contributed by atoms with van der Waals surface area (Å²) in [6.07, 6.45) is 5.34. The van der Waals surface area contributed by atoms with Crippen LogP contribution in [0, 0.1) is 6.92 Å². The zero-order valence-electron chi connectivity index (χ0n) is 13.1. The minimum absolute atomic E-state index is 0.375. The molecule has 0 unspecified atom stereocenters. The molecule has 0 radical (unpaired) electrons. The van der Waals surface area contributed by atoms with Crippen LogP contribution in [0.25, 0.3) is 0 Å². The summed E-state index contributed by atoms with van der Waals surface area (Å²) < 4.78 is 0. The van der Waals surface area contributed by atoms with Gasteiger partial charge < -0.3 is 9.80 Å². The molecule has 3 nitrogen and oxygen atoms in total. The Balaban J connectivity index is 1.51. The van der Waals surface area contributed by atoms with Gasteiger partial charge in [0.1, 0.15) is 0 Å². The molecule has 0 spiro atoms. The molecule has 2 aliphatic heterocycles. The predicted octanol–water partition coefficient (Wildman–Crippen LogP) is 2.62. The van der Waals surface area contributed by atoms with E-state index in [4.69, 9.17) is 0 Å². The zero-order chi connectivity index (χ0) is 14.7. The summed E-state index contributed by atoms with van der Waals surface area (Å²) in [4.78, 5) is 16.6. The molecule has 0 N–H and O–H groups in total. The van der Waals surface area contributed by atoms with Crippen molar-refractivity contribution in [3.8, 4) is 0 Å². The average molecular weight is 286 g/mol. The van der Waals surface area contributed by atoms with Gasteiger partial charge in [-0.25, -0.2) is 0 Å². The Morgan fingerprint density at radius 2 is 1.95 bits per heavy atom. The number of carbonyl (C=O) groups is 1. The molecule has 0 aliphatic carbocycles. The van der Waals surface area contributed by atoms with E-state index < -0.39 is 0 Å². The van der Waals surface area contributed by atoms with Crippen molar-refractivity contribution in [1.29, 1.82) is 0 Å². The Kier molecular flexibility index (Phi) is 4.59. The Labute approximate surface area is 127 Å². The van der Waals surface area contributed by atoms with E-state index in [-0.39, 0.29) is 0 Å². The summed E-state index contributed by atoms with van der Waals surface area (Å²) in [6, 6.07) is 9.32. The van der Waals surface area contributed by atoms with Gasteiger partial charge in [-0.1, -0.05) is 29.8 Å². The number of hydrogen-bond donors (Lipinski definition) is 0. The second-order valence-corrected chi connectivity index (χ2v) is 6.52. The molecule has 21 heavy (non-hydrogen) atoms. The van der Waals surface area contributed by atoms with E-state index in [1.54, 1.807) is 0 Å². The molecular formula is C18H26N2O. The first-order chi connectivity index (χ1) is 10.2. The maximum absolute atomic E-state index is 11.9. The minimum Gasteiger partial charge on any atom is -0.338 e. The van der Waals surface area contributed by atoms with Crippen molar-refractivity contribution in [2.45, 2.75) is 45.1 Å². The SMILES string of the molecule is Cc1ccc(CCN2CCC[C@@H](N3CCCC3=O)C2)cc1. The van der Waals surface area contributed by atoms with Crippen LogP contribution in [0.2, 0.25) is 0 Å². The van der Waals surface area contributed by atoms with E-state index in [1.165, 1.54) is 30.5 Å². The van der Waals surface area contributed by atoms with Crippen LogP contribution in [0.4, 0.5) is 0 Å². The Morgan fingerprint density at radius 3 is 2.67 bits per heavy atom. The summed E-state index contributed by atoms with van der Waals surface area (Å²) in [5, 5.41) is 0. The summed E-state index contributed by atoms with van der Waals surface area (Å²) >= 11 is 0. The first-order valence-electron chi connectivity index (χ1n) is 8.30. The van der Waals surface area contributed by atoms with Crippen LogP contribution >= 0.6 is 0 Å². The maximum Gasteiger partial charge on any atom is 0.222 e. The number of carbonyl (C=O) groups excluding carboxylic acids is 1. The van der Waals surface area contributed by atoms with Gasteiger partial charge in [-0.2, -0.15) is 0 Å². The number of likely N-dealkylation sites (tertiary alicyclic amines) is 2. The lowest BCUT2D eigenvalue weighted by Gasteiger charge is -2.37. The molecule has 1 aromatic carbocycles. The van der Waals surface area contributed by atoms with Crippen LogP contribution in [0.1, 0.15) is 36.8 Å². The van der Waals surface area contributed by atoms with Crippen molar-refractivity contribution in [3.63, 3.8) is 0 Å². The normalized spacial score (nSPS) is 23.8. The van der Waals surface area contributed by atoms with Crippen molar-refractivity contribution >= 4 is 5.91 Å². The molecule has 0 aromatic heterocycles. The largest absolute Gasteiger partial charge is 0.338 e. The summed E-state index contributed by atoms with van der Waals surface area (Å²) in [7, 11) is 0. The van der Waals surface area contributed by atoms with Gasteiger partial charge in [-0.15, -0.1) is 0 Å². The van der Waals surface area contributed by atoms with E-state index in [1.807, 2.05) is 0 Å². The number of amides is 1. The molecule has 2 aliphatic rings. The number of piperidine rings is 1. The smallest absolute Gasteiger partial charge is 0.222 e. The monoisotopic (exact) mass is 286 g/mol. The topological polar surface area (TPSA) is 23.6 Å². The number of rotatable bonds is 4. The fourth-order valence-corrected chi connectivity index (χ4v) is 3.59. The van der Waals surface area contributed by atoms with Gasteiger partial charge in [0.15, 0.2) is 0 Å². The van der Waals surface area contributed by atoms with Crippen molar-refractivity contribution in [3.05, 3.63) is 35.4 Å². The highest BCUT2D eigenvalue weighted by Gasteiger charge is 2.30. The predicted molar refractivity (Wildman–Crippen MR) is 85.3 cm³/mol. The Hall–Kier alpha value is -1.35. The standard InChI is InChI=1S/C18H26N2O/c1-15-6-8-16(9-7-15)10-13-19-11-2-4-17(14-19)20-12-3-5-18(20)21/h6-9,17H,2-5,10-14H2,1H3/t17-/m1/s1. The molecule has 114 valence electrons. The second-order valence-electron chi connectivity index (χ2n) is 6.52. The van der Waals surface area contributed by atoms with Crippen LogP contribution in [0.15, 0.2) is 24.3 Å². The molecule has 2 saturated heterocycles. The van der Waals surface area contributed by atoms with Crippen molar-refractivity contribution in [2.24, 2.45) is 0 Å². The fourth-order valence-electron chi connectivity index (χ4n) is 3.59. The van der Waals surface area contributed by atoms with E-state index in [9.17, 15) is 4.79 Å². The van der Waals surface area contributed by atoms with Gasteiger partial charge in [0.25, 0.3) is 0 Å².